The lowest BCUT2D eigenvalue weighted by Gasteiger charge is -2.15. The highest BCUT2D eigenvalue weighted by molar-refractivity contribution is 6.22. The Labute approximate surface area is 156 Å². The van der Waals surface area contributed by atoms with Crippen LogP contribution in [0.25, 0.3) is 0 Å². The molecule has 0 atom stereocenters. The van der Waals surface area contributed by atoms with Gasteiger partial charge in [0, 0.05) is 11.4 Å². The lowest BCUT2D eigenvalue weighted by Crippen LogP contribution is -2.34. The van der Waals surface area contributed by atoms with Gasteiger partial charge in [-0.3, -0.25) is 28.8 Å². The summed E-state index contributed by atoms with van der Waals surface area (Å²) in [6.07, 6.45) is 0. The minimum absolute atomic E-state index is 0.246. The Kier molecular flexibility index (Phi) is 7.27. The molecule has 0 spiro atoms. The summed E-state index contributed by atoms with van der Waals surface area (Å²) in [7, 11) is 0. The van der Waals surface area contributed by atoms with Crippen molar-refractivity contribution in [1.29, 1.82) is 0 Å². The van der Waals surface area contributed by atoms with Gasteiger partial charge in [-0.05, 0) is 52.3 Å². The van der Waals surface area contributed by atoms with Crippen molar-refractivity contribution < 1.29 is 28.8 Å². The van der Waals surface area contributed by atoms with Crippen LogP contribution in [0.1, 0.15) is 33.3 Å². The molecule has 0 saturated carbocycles. The molecule has 0 fully saturated rings. The zero-order valence-corrected chi connectivity index (χ0v) is 15.8. The number of amides is 2. The predicted octanol–water partition coefficient (Wildman–Crippen LogP) is 1.46. The van der Waals surface area contributed by atoms with Crippen LogP contribution in [0.15, 0.2) is 18.2 Å². The third-order valence-corrected chi connectivity index (χ3v) is 3.91. The first-order valence-electron chi connectivity index (χ1n) is 8.19. The average Bonchev–Trinajstić information content (AvgIpc) is 2.48. The van der Waals surface area contributed by atoms with Gasteiger partial charge in [-0.15, -0.1) is 0 Å². The van der Waals surface area contributed by atoms with Crippen molar-refractivity contribution in [3.63, 3.8) is 0 Å². The van der Waals surface area contributed by atoms with Crippen LogP contribution in [-0.2, 0) is 28.8 Å². The molecule has 144 valence electrons. The summed E-state index contributed by atoms with van der Waals surface area (Å²) in [6.45, 7) is 6.29. The largest absolute Gasteiger partial charge is 0.325 e. The number of nitrogens with one attached hydrogen (secondary N) is 2. The number of hydrogen-bond donors (Lipinski definition) is 2. The molecule has 0 saturated heterocycles. The third-order valence-electron chi connectivity index (χ3n) is 3.91. The molecule has 8 nitrogen and oxygen atoms in total. The molecule has 0 aliphatic carbocycles. The van der Waals surface area contributed by atoms with Crippen molar-refractivity contribution in [2.45, 2.75) is 34.6 Å². The molecule has 27 heavy (non-hydrogen) atoms. The maximum atomic E-state index is 12.2. The Balaban J connectivity index is 3.07. The number of hydrogen-bond acceptors (Lipinski definition) is 6. The second kappa shape index (κ2) is 8.98. The highest BCUT2D eigenvalue weighted by Gasteiger charge is 2.29. The lowest BCUT2D eigenvalue weighted by atomic mass is 9.99. The van der Waals surface area contributed by atoms with Crippen LogP contribution in [0.4, 0.5) is 11.4 Å². The van der Waals surface area contributed by atoms with Crippen molar-refractivity contribution in [2.24, 2.45) is 11.8 Å². The molecule has 0 unspecified atom stereocenters. The molecule has 2 N–H and O–H groups in total. The molecule has 0 aliphatic heterocycles. The molecule has 1 rings (SSSR count). The first kappa shape index (κ1) is 21.9. The minimum Gasteiger partial charge on any atom is -0.325 e. The smallest absolute Gasteiger partial charge is 0.242 e. The molecule has 1 aromatic rings. The average molecular weight is 374 g/mol. The first-order chi connectivity index (χ1) is 12.5. The molecule has 1 aromatic carbocycles. The first-order valence-corrected chi connectivity index (χ1v) is 8.19. The van der Waals surface area contributed by atoms with E-state index in [4.69, 9.17) is 0 Å². The summed E-state index contributed by atoms with van der Waals surface area (Å²) in [5, 5.41) is 4.95. The number of rotatable bonds is 8. The van der Waals surface area contributed by atoms with E-state index in [1.165, 1.54) is 12.1 Å². The monoisotopic (exact) mass is 374 g/mol. The van der Waals surface area contributed by atoms with Crippen LogP contribution in [0, 0.1) is 18.8 Å². The fourth-order valence-corrected chi connectivity index (χ4v) is 2.56. The second-order valence-corrected chi connectivity index (χ2v) is 6.32. The van der Waals surface area contributed by atoms with E-state index in [0.29, 0.717) is 5.56 Å². The quantitative estimate of drug-likeness (QED) is 0.663. The van der Waals surface area contributed by atoms with Gasteiger partial charge in [-0.1, -0.05) is 6.07 Å². The lowest BCUT2D eigenvalue weighted by molar-refractivity contribution is -0.139. The van der Waals surface area contributed by atoms with Crippen LogP contribution < -0.4 is 10.6 Å². The molecule has 0 radical (unpaired) electrons. The molecule has 2 amide bonds. The topological polar surface area (TPSA) is 126 Å². The van der Waals surface area contributed by atoms with E-state index in [1.807, 2.05) is 0 Å². The fourth-order valence-electron chi connectivity index (χ4n) is 2.56. The van der Waals surface area contributed by atoms with Gasteiger partial charge < -0.3 is 10.6 Å². The van der Waals surface area contributed by atoms with Crippen LogP contribution in [-0.4, -0.2) is 34.9 Å². The number of Topliss-reactive ketones (excluding diaryl/α,β-unsaturated/α-hetero) is 4. The van der Waals surface area contributed by atoms with E-state index in [0.717, 1.165) is 27.7 Å². The molecule has 0 aliphatic rings. The Morgan fingerprint density at radius 2 is 1.11 bits per heavy atom. The van der Waals surface area contributed by atoms with Gasteiger partial charge in [0.2, 0.25) is 11.8 Å². The Morgan fingerprint density at radius 1 is 0.704 bits per heavy atom. The third kappa shape index (κ3) is 5.67. The van der Waals surface area contributed by atoms with Gasteiger partial charge >= 0.3 is 0 Å². The molecular weight excluding hydrogens is 352 g/mol. The predicted molar refractivity (Wildman–Crippen MR) is 98.1 cm³/mol. The molecule has 8 heteroatoms. The summed E-state index contributed by atoms with van der Waals surface area (Å²) in [5.41, 5.74) is 1.16. The molecule has 0 aromatic heterocycles. The van der Waals surface area contributed by atoms with Gasteiger partial charge in [0.15, 0.2) is 11.8 Å². The van der Waals surface area contributed by atoms with Crippen molar-refractivity contribution in [3.05, 3.63) is 23.8 Å². The summed E-state index contributed by atoms with van der Waals surface area (Å²) in [6, 6.07) is 4.55. The summed E-state index contributed by atoms with van der Waals surface area (Å²) in [5.74, 6) is -6.68. The Morgan fingerprint density at radius 3 is 1.52 bits per heavy atom. The van der Waals surface area contributed by atoms with Gasteiger partial charge in [0.1, 0.15) is 23.1 Å². The maximum Gasteiger partial charge on any atom is 0.242 e. The van der Waals surface area contributed by atoms with Gasteiger partial charge in [-0.2, -0.15) is 0 Å². The standard InChI is InChI=1S/C19H22N2O6/c1-9-6-7-14(20-18(26)16(10(2)22)11(3)23)8-15(9)21-19(27)17(12(4)24)13(5)25/h6-8,16-17H,1-5H3,(H,20,26)(H,21,27). The number of carbonyl (C=O) groups is 6. The number of aryl methyl sites for hydroxylation is 1. The van der Waals surface area contributed by atoms with Crippen LogP contribution >= 0.6 is 0 Å². The van der Waals surface area contributed by atoms with Gasteiger partial charge in [-0.25, -0.2) is 0 Å². The van der Waals surface area contributed by atoms with Crippen molar-refractivity contribution >= 4 is 46.3 Å². The van der Waals surface area contributed by atoms with Crippen molar-refractivity contribution in [1.82, 2.24) is 0 Å². The Hall–Kier alpha value is -3.16. The number of anilines is 2. The number of carbonyl (C=O) groups excluding carboxylic acids is 6. The fraction of sp³-hybridized carbons (Fsp3) is 0.368. The highest BCUT2D eigenvalue weighted by atomic mass is 16.2. The summed E-state index contributed by atoms with van der Waals surface area (Å²) in [4.78, 5) is 70.4. The van der Waals surface area contributed by atoms with E-state index < -0.39 is 46.8 Å². The summed E-state index contributed by atoms with van der Waals surface area (Å²) < 4.78 is 0. The van der Waals surface area contributed by atoms with Crippen molar-refractivity contribution in [3.8, 4) is 0 Å². The van der Waals surface area contributed by atoms with Gasteiger partial charge in [0.05, 0.1) is 0 Å². The van der Waals surface area contributed by atoms with Crippen LogP contribution in [0.5, 0.6) is 0 Å². The second-order valence-electron chi connectivity index (χ2n) is 6.32. The van der Waals surface area contributed by atoms with E-state index >= 15 is 0 Å². The molecule has 0 heterocycles. The molecule has 0 bridgehead atoms. The minimum atomic E-state index is -1.41. The van der Waals surface area contributed by atoms with Crippen LogP contribution in [0.3, 0.4) is 0 Å². The van der Waals surface area contributed by atoms with E-state index in [1.54, 1.807) is 13.0 Å². The van der Waals surface area contributed by atoms with Crippen molar-refractivity contribution in [2.75, 3.05) is 10.6 Å². The molecular formula is C19H22N2O6. The number of benzene rings is 1. The van der Waals surface area contributed by atoms with Crippen LogP contribution in [0.2, 0.25) is 0 Å². The highest BCUT2D eigenvalue weighted by Crippen LogP contribution is 2.22. The van der Waals surface area contributed by atoms with E-state index in [-0.39, 0.29) is 11.4 Å². The van der Waals surface area contributed by atoms with Gasteiger partial charge in [0.25, 0.3) is 0 Å². The van der Waals surface area contributed by atoms with E-state index in [9.17, 15) is 28.8 Å². The summed E-state index contributed by atoms with van der Waals surface area (Å²) >= 11 is 0. The van der Waals surface area contributed by atoms with E-state index in [2.05, 4.69) is 10.6 Å². The Bertz CT molecular complexity index is 799. The zero-order valence-electron chi connectivity index (χ0n) is 15.8. The normalized spacial score (nSPS) is 10.5. The zero-order chi connectivity index (χ0) is 20.9. The number of ketones is 4. The SMILES string of the molecule is CC(=O)C(C(C)=O)C(=O)Nc1ccc(C)c(NC(=O)C(C(C)=O)C(C)=O)c1. The maximum absolute atomic E-state index is 12.2.